The lowest BCUT2D eigenvalue weighted by Gasteiger charge is -2.20. The Hall–Kier alpha value is -2.73. The van der Waals surface area contributed by atoms with Gasteiger partial charge in [-0.25, -0.2) is 8.42 Å². The highest BCUT2D eigenvalue weighted by Gasteiger charge is 2.35. The quantitative estimate of drug-likeness (QED) is 0.398. The van der Waals surface area contributed by atoms with Crippen molar-refractivity contribution in [2.45, 2.75) is 17.2 Å². The molecule has 3 aromatic rings. The molecule has 1 atom stereocenters. The van der Waals surface area contributed by atoms with Gasteiger partial charge in [0, 0.05) is 11.9 Å². The molecule has 0 aliphatic carbocycles. The highest BCUT2D eigenvalue weighted by molar-refractivity contribution is 7.92. The Bertz CT molecular complexity index is 1300. The van der Waals surface area contributed by atoms with E-state index in [-0.39, 0.29) is 33.4 Å². The number of aromatic nitrogens is 1. The molecule has 176 valence electrons. The molecule has 0 spiro atoms. The first-order chi connectivity index (χ1) is 15.3. The standard InChI is InChI=1S/C20H16Cl2F3N3O4S/c1-32-16-4-2-3-14(26)17(16)19(29)18-15(7-10(21)9-27-18)28-33(30,31)11-5-6-13(22)12(8-11)20(23,24)25/h2-9,19,28-29H,26H2,1H3. The summed E-state index contributed by atoms with van der Waals surface area (Å²) in [6.45, 7) is 0. The number of nitrogens with one attached hydrogen (secondary N) is 1. The zero-order chi connectivity index (χ0) is 24.6. The van der Waals surface area contributed by atoms with Gasteiger partial charge >= 0.3 is 6.18 Å². The summed E-state index contributed by atoms with van der Waals surface area (Å²) >= 11 is 11.5. The molecule has 0 aliphatic rings. The number of alkyl halides is 3. The molecule has 3 rings (SSSR count). The van der Waals surface area contributed by atoms with Crippen LogP contribution in [0.25, 0.3) is 0 Å². The number of nitrogen functional groups attached to an aromatic ring is 1. The first kappa shape index (κ1) is 24.9. The van der Waals surface area contributed by atoms with E-state index in [1.54, 1.807) is 6.07 Å². The Kier molecular flexibility index (Phi) is 6.99. The topological polar surface area (TPSA) is 115 Å². The molecule has 0 fully saturated rings. The molecule has 4 N–H and O–H groups in total. The molecule has 33 heavy (non-hydrogen) atoms. The molecular formula is C20H16Cl2F3N3O4S. The number of aliphatic hydroxyl groups is 1. The van der Waals surface area contributed by atoms with Crippen molar-refractivity contribution in [3.05, 3.63) is 75.5 Å². The summed E-state index contributed by atoms with van der Waals surface area (Å²) in [5, 5.41) is 10.3. The number of halogens is 5. The highest BCUT2D eigenvalue weighted by atomic mass is 35.5. The van der Waals surface area contributed by atoms with E-state index in [4.69, 9.17) is 33.7 Å². The van der Waals surface area contributed by atoms with Crippen molar-refractivity contribution in [2.24, 2.45) is 0 Å². The van der Waals surface area contributed by atoms with Crippen LogP contribution in [0, 0.1) is 0 Å². The normalized spacial score (nSPS) is 12.9. The molecule has 1 heterocycles. The Morgan fingerprint density at radius 1 is 1.18 bits per heavy atom. The van der Waals surface area contributed by atoms with Crippen molar-refractivity contribution in [3.8, 4) is 5.75 Å². The molecule has 7 nitrogen and oxygen atoms in total. The number of hydrogen-bond donors (Lipinski definition) is 3. The number of methoxy groups -OCH3 is 1. The van der Waals surface area contributed by atoms with E-state index in [1.165, 1.54) is 19.2 Å². The number of sulfonamides is 1. The minimum Gasteiger partial charge on any atom is -0.496 e. The molecule has 0 aliphatic heterocycles. The molecule has 2 aromatic carbocycles. The van der Waals surface area contributed by atoms with Gasteiger partial charge in [-0.3, -0.25) is 9.71 Å². The lowest BCUT2D eigenvalue weighted by atomic mass is 10.0. The van der Waals surface area contributed by atoms with Crippen LogP contribution in [0.2, 0.25) is 10.0 Å². The minimum absolute atomic E-state index is 0.00346. The van der Waals surface area contributed by atoms with Gasteiger partial charge in [-0.1, -0.05) is 29.3 Å². The van der Waals surface area contributed by atoms with Crippen LogP contribution in [0.5, 0.6) is 5.75 Å². The van der Waals surface area contributed by atoms with Crippen LogP contribution in [0.3, 0.4) is 0 Å². The predicted octanol–water partition coefficient (Wildman–Crippen LogP) is 4.88. The molecule has 1 aromatic heterocycles. The van der Waals surface area contributed by atoms with Crippen LogP contribution in [0.4, 0.5) is 24.5 Å². The summed E-state index contributed by atoms with van der Waals surface area (Å²) in [6.07, 6.45) is -5.27. The van der Waals surface area contributed by atoms with Crippen molar-refractivity contribution < 1.29 is 31.4 Å². The second-order valence-corrected chi connectivity index (χ2v) is 9.22. The van der Waals surface area contributed by atoms with Crippen molar-refractivity contribution in [1.29, 1.82) is 0 Å². The van der Waals surface area contributed by atoms with Gasteiger partial charge in [-0.15, -0.1) is 0 Å². The third-order valence-electron chi connectivity index (χ3n) is 4.54. The van der Waals surface area contributed by atoms with E-state index in [0.29, 0.717) is 6.07 Å². The van der Waals surface area contributed by atoms with E-state index in [0.717, 1.165) is 24.4 Å². The van der Waals surface area contributed by atoms with Crippen LogP contribution in [-0.4, -0.2) is 25.6 Å². The average Bonchev–Trinajstić information content (AvgIpc) is 2.72. The van der Waals surface area contributed by atoms with Crippen molar-refractivity contribution in [1.82, 2.24) is 4.98 Å². The van der Waals surface area contributed by atoms with Crippen LogP contribution >= 0.6 is 23.2 Å². The SMILES string of the molecule is COc1cccc(N)c1C(O)c1ncc(Cl)cc1NS(=O)(=O)c1ccc(Cl)c(C(F)(F)F)c1. The minimum atomic E-state index is -4.87. The second-order valence-electron chi connectivity index (χ2n) is 6.70. The number of nitrogens with two attached hydrogens (primary N) is 1. The van der Waals surface area contributed by atoms with Gasteiger partial charge in [-0.2, -0.15) is 13.2 Å². The second kappa shape index (κ2) is 9.26. The lowest BCUT2D eigenvalue weighted by molar-refractivity contribution is -0.137. The first-order valence-electron chi connectivity index (χ1n) is 9.00. The lowest BCUT2D eigenvalue weighted by Crippen LogP contribution is -2.18. The molecule has 0 saturated heterocycles. The summed E-state index contributed by atoms with van der Waals surface area (Å²) < 4.78 is 72.6. The van der Waals surface area contributed by atoms with Gasteiger partial charge in [-0.05, 0) is 36.4 Å². The number of aliphatic hydroxyl groups excluding tert-OH is 1. The van der Waals surface area contributed by atoms with Gasteiger partial charge in [0.1, 0.15) is 11.9 Å². The molecule has 0 bridgehead atoms. The van der Waals surface area contributed by atoms with E-state index in [9.17, 15) is 26.7 Å². The Morgan fingerprint density at radius 2 is 1.88 bits per heavy atom. The van der Waals surface area contributed by atoms with Crippen LogP contribution in [-0.2, 0) is 16.2 Å². The number of ether oxygens (including phenoxy) is 1. The predicted molar refractivity (Wildman–Crippen MR) is 118 cm³/mol. The Balaban J connectivity index is 2.08. The van der Waals surface area contributed by atoms with Crippen LogP contribution in [0.1, 0.15) is 22.9 Å². The Morgan fingerprint density at radius 3 is 2.52 bits per heavy atom. The van der Waals surface area contributed by atoms with E-state index in [2.05, 4.69) is 9.71 Å². The summed E-state index contributed by atoms with van der Waals surface area (Å²) in [6, 6.07) is 7.89. The molecular weight excluding hydrogens is 506 g/mol. The molecule has 0 saturated carbocycles. The Labute approximate surface area is 197 Å². The van der Waals surface area contributed by atoms with Crippen molar-refractivity contribution in [3.63, 3.8) is 0 Å². The fourth-order valence-electron chi connectivity index (χ4n) is 3.01. The number of anilines is 2. The van der Waals surface area contributed by atoms with Gasteiger partial charge in [0.25, 0.3) is 10.0 Å². The van der Waals surface area contributed by atoms with E-state index >= 15 is 0 Å². The fourth-order valence-corrected chi connectivity index (χ4v) is 4.48. The van der Waals surface area contributed by atoms with E-state index in [1.807, 2.05) is 0 Å². The fraction of sp³-hybridized carbons (Fsp3) is 0.150. The maximum atomic E-state index is 13.2. The van der Waals surface area contributed by atoms with E-state index < -0.39 is 37.8 Å². The maximum absolute atomic E-state index is 13.2. The van der Waals surface area contributed by atoms with Gasteiger partial charge in [0.2, 0.25) is 0 Å². The van der Waals surface area contributed by atoms with Crippen LogP contribution in [0.15, 0.2) is 53.6 Å². The summed E-state index contributed by atoms with van der Waals surface area (Å²) in [4.78, 5) is 3.29. The van der Waals surface area contributed by atoms with Crippen LogP contribution < -0.4 is 15.2 Å². The maximum Gasteiger partial charge on any atom is 0.417 e. The summed E-state index contributed by atoms with van der Waals surface area (Å²) in [7, 11) is -3.22. The third-order valence-corrected chi connectivity index (χ3v) is 6.43. The highest BCUT2D eigenvalue weighted by Crippen LogP contribution is 2.39. The third kappa shape index (κ3) is 5.27. The number of hydrogen-bond acceptors (Lipinski definition) is 6. The average molecular weight is 522 g/mol. The van der Waals surface area contributed by atoms with Crippen molar-refractivity contribution in [2.75, 3.05) is 17.6 Å². The van der Waals surface area contributed by atoms with Gasteiger partial charge in [0.05, 0.1) is 44.6 Å². The molecule has 0 radical (unpaired) electrons. The number of nitrogens with zero attached hydrogens (tertiary/aromatic N) is 1. The molecule has 0 amide bonds. The number of rotatable bonds is 6. The zero-order valence-electron chi connectivity index (χ0n) is 16.7. The van der Waals surface area contributed by atoms with Gasteiger partial charge < -0.3 is 15.6 Å². The number of pyridine rings is 1. The first-order valence-corrected chi connectivity index (χ1v) is 11.2. The molecule has 13 heteroatoms. The molecule has 1 unspecified atom stereocenters. The smallest absolute Gasteiger partial charge is 0.417 e. The monoisotopic (exact) mass is 521 g/mol. The zero-order valence-corrected chi connectivity index (χ0v) is 19.0. The summed E-state index contributed by atoms with van der Waals surface area (Å²) in [5.74, 6) is 0.209. The largest absolute Gasteiger partial charge is 0.496 e. The summed E-state index contributed by atoms with van der Waals surface area (Å²) in [5.41, 5.74) is 4.40. The number of benzene rings is 2. The van der Waals surface area contributed by atoms with Gasteiger partial charge in [0.15, 0.2) is 0 Å². The van der Waals surface area contributed by atoms with Crippen molar-refractivity contribution >= 4 is 44.6 Å².